The molecule has 98 valence electrons. The summed E-state index contributed by atoms with van der Waals surface area (Å²) in [5, 5.41) is 22.6. The number of benzene rings is 1. The number of carbonyl (C=O) groups is 1. The maximum absolute atomic E-state index is 11.5. The van der Waals surface area contributed by atoms with Gasteiger partial charge in [-0.1, -0.05) is 0 Å². The maximum Gasteiger partial charge on any atom is 0.340 e. The Morgan fingerprint density at radius 1 is 1.61 bits per heavy atom. The molecular weight excluding hydrogens is 240 g/mol. The highest BCUT2D eigenvalue weighted by molar-refractivity contribution is 5.96. The number of rotatable bonds is 5. The fourth-order valence-corrected chi connectivity index (χ4v) is 1.34. The second kappa shape index (κ2) is 5.97. The van der Waals surface area contributed by atoms with E-state index in [2.05, 4.69) is 10.1 Å². The van der Waals surface area contributed by atoms with Crippen LogP contribution >= 0.6 is 0 Å². The van der Waals surface area contributed by atoms with Gasteiger partial charge in [-0.25, -0.2) is 4.79 Å². The Morgan fingerprint density at radius 3 is 2.78 bits per heavy atom. The molecule has 2 N–H and O–H groups in total. The molecule has 0 aliphatic carbocycles. The van der Waals surface area contributed by atoms with E-state index in [1.807, 2.05) is 0 Å². The number of aliphatic hydroxyl groups excluding tert-OH is 1. The van der Waals surface area contributed by atoms with Crippen LogP contribution in [-0.2, 0) is 4.74 Å². The molecule has 1 atom stereocenters. The zero-order valence-corrected chi connectivity index (χ0v) is 10.0. The predicted molar refractivity (Wildman–Crippen MR) is 64.6 cm³/mol. The number of nitrogens with one attached hydrogen (secondary N) is 1. The lowest BCUT2D eigenvalue weighted by molar-refractivity contribution is -0.384. The van der Waals surface area contributed by atoms with Crippen LogP contribution in [0.5, 0.6) is 0 Å². The van der Waals surface area contributed by atoms with Gasteiger partial charge in [-0.15, -0.1) is 0 Å². The number of hydrogen-bond acceptors (Lipinski definition) is 6. The molecule has 0 heterocycles. The highest BCUT2D eigenvalue weighted by Crippen LogP contribution is 2.22. The van der Waals surface area contributed by atoms with E-state index in [9.17, 15) is 14.9 Å². The van der Waals surface area contributed by atoms with Crippen molar-refractivity contribution in [3.05, 3.63) is 33.9 Å². The number of esters is 1. The van der Waals surface area contributed by atoms with E-state index in [0.717, 1.165) is 6.07 Å². The van der Waals surface area contributed by atoms with Gasteiger partial charge >= 0.3 is 5.97 Å². The predicted octanol–water partition coefficient (Wildman–Crippen LogP) is 1.17. The SMILES string of the molecule is COC(=O)c1cc([N+](=O)[O-])ccc1NC[C@@H](C)O. The number of carbonyl (C=O) groups excluding carboxylic acids is 1. The van der Waals surface area contributed by atoms with Gasteiger partial charge in [0.2, 0.25) is 0 Å². The van der Waals surface area contributed by atoms with Crippen LogP contribution in [0.15, 0.2) is 18.2 Å². The Labute approximate surface area is 104 Å². The number of hydrogen-bond donors (Lipinski definition) is 2. The highest BCUT2D eigenvalue weighted by atomic mass is 16.6. The molecule has 0 bridgehead atoms. The lowest BCUT2D eigenvalue weighted by Crippen LogP contribution is -2.17. The number of methoxy groups -OCH3 is 1. The molecule has 0 fully saturated rings. The summed E-state index contributed by atoms with van der Waals surface area (Å²) in [5.41, 5.74) is 0.249. The number of ether oxygens (including phenoxy) is 1. The molecule has 0 saturated carbocycles. The molecule has 18 heavy (non-hydrogen) atoms. The van der Waals surface area contributed by atoms with Gasteiger partial charge in [0.15, 0.2) is 0 Å². The number of nitro groups is 1. The number of non-ortho nitro benzene ring substituents is 1. The Kier molecular flexibility index (Phi) is 4.61. The Bertz CT molecular complexity index is 459. The van der Waals surface area contributed by atoms with Crippen molar-refractivity contribution in [2.75, 3.05) is 19.0 Å². The lowest BCUT2D eigenvalue weighted by Gasteiger charge is -2.11. The Hall–Kier alpha value is -2.15. The molecule has 0 spiro atoms. The monoisotopic (exact) mass is 254 g/mol. The summed E-state index contributed by atoms with van der Waals surface area (Å²) >= 11 is 0. The second-order valence-corrected chi connectivity index (χ2v) is 3.71. The van der Waals surface area contributed by atoms with Gasteiger partial charge in [0, 0.05) is 24.4 Å². The fraction of sp³-hybridized carbons (Fsp3) is 0.364. The van der Waals surface area contributed by atoms with Crippen molar-refractivity contribution in [1.82, 2.24) is 0 Å². The molecule has 0 saturated heterocycles. The third-order valence-corrected chi connectivity index (χ3v) is 2.21. The molecule has 1 aromatic rings. The first-order chi connectivity index (χ1) is 8.45. The number of aliphatic hydroxyl groups is 1. The van der Waals surface area contributed by atoms with Crippen LogP contribution in [0.2, 0.25) is 0 Å². The first kappa shape index (κ1) is 13.9. The zero-order valence-electron chi connectivity index (χ0n) is 10.0. The van der Waals surface area contributed by atoms with Crippen molar-refractivity contribution in [3.63, 3.8) is 0 Å². The second-order valence-electron chi connectivity index (χ2n) is 3.71. The minimum Gasteiger partial charge on any atom is -0.465 e. The van der Waals surface area contributed by atoms with Crippen LogP contribution in [0.4, 0.5) is 11.4 Å². The minimum absolute atomic E-state index is 0.0624. The molecule has 1 rings (SSSR count). The van der Waals surface area contributed by atoms with Gasteiger partial charge in [0.1, 0.15) is 0 Å². The summed E-state index contributed by atoms with van der Waals surface area (Å²) in [5.74, 6) is -0.674. The Morgan fingerprint density at radius 2 is 2.28 bits per heavy atom. The van der Waals surface area contributed by atoms with Gasteiger partial charge in [0.05, 0.1) is 23.7 Å². The van der Waals surface area contributed by atoms with Crippen molar-refractivity contribution < 1.29 is 19.6 Å². The van der Waals surface area contributed by atoms with E-state index < -0.39 is 17.0 Å². The van der Waals surface area contributed by atoms with E-state index >= 15 is 0 Å². The summed E-state index contributed by atoms with van der Waals surface area (Å²) < 4.78 is 4.55. The van der Waals surface area contributed by atoms with Crippen molar-refractivity contribution in [1.29, 1.82) is 0 Å². The molecule has 0 radical (unpaired) electrons. The van der Waals surface area contributed by atoms with E-state index in [1.165, 1.54) is 19.2 Å². The van der Waals surface area contributed by atoms with Gasteiger partial charge in [-0.3, -0.25) is 10.1 Å². The van der Waals surface area contributed by atoms with Gasteiger partial charge in [-0.2, -0.15) is 0 Å². The van der Waals surface area contributed by atoms with Crippen molar-refractivity contribution in [3.8, 4) is 0 Å². The van der Waals surface area contributed by atoms with Gasteiger partial charge in [0.25, 0.3) is 5.69 Å². The average molecular weight is 254 g/mol. The quantitative estimate of drug-likeness (QED) is 0.464. The average Bonchev–Trinajstić information content (AvgIpc) is 2.34. The Balaban J connectivity index is 3.08. The van der Waals surface area contributed by atoms with Crippen LogP contribution < -0.4 is 5.32 Å². The van der Waals surface area contributed by atoms with Crippen molar-refractivity contribution in [2.24, 2.45) is 0 Å². The molecule has 7 nitrogen and oxygen atoms in total. The zero-order chi connectivity index (χ0) is 13.7. The summed E-state index contributed by atoms with van der Waals surface area (Å²) in [4.78, 5) is 21.5. The van der Waals surface area contributed by atoms with E-state index in [-0.39, 0.29) is 17.8 Å². The van der Waals surface area contributed by atoms with Crippen LogP contribution in [0.3, 0.4) is 0 Å². The summed E-state index contributed by atoms with van der Waals surface area (Å²) in [6.07, 6.45) is -0.606. The van der Waals surface area contributed by atoms with E-state index in [4.69, 9.17) is 5.11 Å². The minimum atomic E-state index is -0.674. The largest absolute Gasteiger partial charge is 0.465 e. The number of nitrogens with zero attached hydrogens (tertiary/aromatic N) is 1. The third kappa shape index (κ3) is 3.42. The normalized spacial score (nSPS) is 11.7. The molecular formula is C11H14N2O5. The fourth-order valence-electron chi connectivity index (χ4n) is 1.34. The third-order valence-electron chi connectivity index (χ3n) is 2.21. The first-order valence-corrected chi connectivity index (χ1v) is 5.24. The van der Waals surface area contributed by atoms with Crippen molar-refractivity contribution >= 4 is 17.3 Å². The van der Waals surface area contributed by atoms with Crippen LogP contribution in [0, 0.1) is 10.1 Å². The van der Waals surface area contributed by atoms with E-state index in [1.54, 1.807) is 6.92 Å². The first-order valence-electron chi connectivity index (χ1n) is 5.24. The standard InChI is InChI=1S/C11H14N2O5/c1-7(14)6-12-10-4-3-8(13(16)17)5-9(10)11(15)18-2/h3-5,7,12,14H,6H2,1-2H3/t7-/m1/s1. The highest BCUT2D eigenvalue weighted by Gasteiger charge is 2.17. The molecule has 0 aromatic heterocycles. The lowest BCUT2D eigenvalue weighted by atomic mass is 10.1. The molecule has 0 unspecified atom stereocenters. The maximum atomic E-state index is 11.5. The molecule has 0 aliphatic heterocycles. The van der Waals surface area contributed by atoms with Gasteiger partial charge in [-0.05, 0) is 13.0 Å². The summed E-state index contributed by atoms with van der Waals surface area (Å²) in [7, 11) is 1.19. The van der Waals surface area contributed by atoms with Crippen LogP contribution in [0.25, 0.3) is 0 Å². The van der Waals surface area contributed by atoms with Crippen LogP contribution in [0.1, 0.15) is 17.3 Å². The van der Waals surface area contributed by atoms with Gasteiger partial charge < -0.3 is 15.2 Å². The number of anilines is 1. The number of nitro benzene ring substituents is 1. The topological polar surface area (TPSA) is 102 Å². The van der Waals surface area contributed by atoms with Crippen LogP contribution in [-0.4, -0.2) is 35.8 Å². The smallest absolute Gasteiger partial charge is 0.340 e. The molecule has 1 aromatic carbocycles. The van der Waals surface area contributed by atoms with E-state index in [0.29, 0.717) is 5.69 Å². The molecule has 0 aliphatic rings. The summed E-state index contributed by atoms with van der Waals surface area (Å²) in [6, 6.07) is 3.82. The molecule has 7 heteroatoms. The summed E-state index contributed by atoms with van der Waals surface area (Å²) in [6.45, 7) is 1.80. The molecule has 0 amide bonds. The van der Waals surface area contributed by atoms with Crippen molar-refractivity contribution in [2.45, 2.75) is 13.0 Å².